The second-order valence-electron chi connectivity index (χ2n) is 8.37. The van der Waals surface area contributed by atoms with Crippen molar-refractivity contribution in [3.8, 4) is 0 Å². The van der Waals surface area contributed by atoms with Gasteiger partial charge in [0.25, 0.3) is 0 Å². The monoisotopic (exact) mass is 442 g/mol. The molecule has 0 bridgehead atoms. The lowest BCUT2D eigenvalue weighted by atomic mass is 9.89. The van der Waals surface area contributed by atoms with Gasteiger partial charge in [0.15, 0.2) is 0 Å². The van der Waals surface area contributed by atoms with Gasteiger partial charge in [0, 0.05) is 24.8 Å². The van der Waals surface area contributed by atoms with Gasteiger partial charge in [0.2, 0.25) is 0 Å². The maximum Gasteiger partial charge on any atom is 0.416 e. The molecule has 2 nitrogen and oxygen atoms in total. The minimum Gasteiger partial charge on any atom is -0.370 e. The summed E-state index contributed by atoms with van der Waals surface area (Å²) in [6.07, 6.45) is -6.92. The van der Waals surface area contributed by atoms with E-state index < -0.39 is 23.5 Å². The number of rotatable bonds is 3. The zero-order chi connectivity index (χ0) is 22.2. The number of halogens is 6. The molecule has 2 aliphatic heterocycles. The van der Waals surface area contributed by atoms with Crippen LogP contribution in [0.1, 0.15) is 41.9 Å². The van der Waals surface area contributed by atoms with Crippen molar-refractivity contribution in [2.45, 2.75) is 43.6 Å². The molecule has 2 aliphatic rings. The van der Waals surface area contributed by atoms with E-state index in [2.05, 4.69) is 17.0 Å². The fraction of sp³-hybridized carbons (Fsp3) is 0.478. The van der Waals surface area contributed by atoms with Crippen LogP contribution in [0.2, 0.25) is 0 Å². The Hall–Kier alpha value is -2.22. The lowest BCUT2D eigenvalue weighted by molar-refractivity contribution is -0.143. The van der Waals surface area contributed by atoms with E-state index in [4.69, 9.17) is 0 Å². The molecule has 2 saturated heterocycles. The van der Waals surface area contributed by atoms with E-state index in [1.807, 2.05) is 18.2 Å². The van der Waals surface area contributed by atoms with Crippen molar-refractivity contribution < 1.29 is 26.3 Å². The molecule has 0 radical (unpaired) electrons. The van der Waals surface area contributed by atoms with Crippen LogP contribution in [0.5, 0.6) is 0 Å². The van der Waals surface area contributed by atoms with E-state index in [0.717, 1.165) is 44.5 Å². The first-order valence-electron chi connectivity index (χ1n) is 10.4. The van der Waals surface area contributed by atoms with E-state index in [1.165, 1.54) is 5.56 Å². The van der Waals surface area contributed by atoms with E-state index in [1.54, 1.807) is 4.90 Å². The number of hydrogen-bond donors (Lipinski definition) is 0. The number of nitrogens with zero attached hydrogens (tertiary/aromatic N) is 2. The lowest BCUT2D eigenvalue weighted by Gasteiger charge is -2.36. The molecule has 0 aliphatic carbocycles. The van der Waals surface area contributed by atoms with Crippen molar-refractivity contribution in [2.24, 2.45) is 0 Å². The molecule has 0 spiro atoms. The summed E-state index contributed by atoms with van der Waals surface area (Å²) in [6, 6.07) is 12.3. The molecule has 0 aromatic heterocycles. The highest BCUT2D eigenvalue weighted by molar-refractivity contribution is 5.53. The molecule has 1 atom stereocenters. The molecule has 2 fully saturated rings. The van der Waals surface area contributed by atoms with Crippen LogP contribution < -0.4 is 4.90 Å². The molecular weight excluding hydrogens is 418 g/mol. The Bertz CT molecular complexity index is 853. The second-order valence-corrected chi connectivity index (χ2v) is 8.37. The van der Waals surface area contributed by atoms with Crippen LogP contribution in [-0.4, -0.2) is 37.1 Å². The lowest BCUT2D eigenvalue weighted by Crippen LogP contribution is -2.42. The summed E-state index contributed by atoms with van der Waals surface area (Å²) in [5, 5.41) is 0. The fourth-order valence-corrected chi connectivity index (χ4v) is 4.72. The van der Waals surface area contributed by atoms with Crippen LogP contribution in [0, 0.1) is 0 Å². The van der Waals surface area contributed by atoms with E-state index in [9.17, 15) is 26.3 Å². The molecule has 8 heteroatoms. The minimum absolute atomic E-state index is 0.0104. The van der Waals surface area contributed by atoms with Crippen molar-refractivity contribution in [3.63, 3.8) is 0 Å². The quantitative estimate of drug-likeness (QED) is 0.524. The van der Waals surface area contributed by atoms with Crippen LogP contribution in [0.3, 0.4) is 0 Å². The van der Waals surface area contributed by atoms with Crippen LogP contribution in [0.25, 0.3) is 0 Å². The largest absolute Gasteiger partial charge is 0.416 e. The minimum atomic E-state index is -4.82. The number of alkyl halides is 6. The maximum atomic E-state index is 13.2. The summed E-state index contributed by atoms with van der Waals surface area (Å²) in [5.41, 5.74) is -1.21. The molecule has 2 aromatic carbocycles. The summed E-state index contributed by atoms with van der Waals surface area (Å²) >= 11 is 0. The van der Waals surface area contributed by atoms with Gasteiger partial charge in [-0.1, -0.05) is 30.3 Å². The molecule has 0 N–H and O–H groups in total. The summed E-state index contributed by atoms with van der Waals surface area (Å²) in [5.74, 6) is 0.493. The van der Waals surface area contributed by atoms with Crippen LogP contribution in [-0.2, 0) is 12.4 Å². The highest BCUT2D eigenvalue weighted by Crippen LogP contribution is 2.39. The topological polar surface area (TPSA) is 6.48 Å². The Labute approximate surface area is 177 Å². The molecule has 168 valence electrons. The van der Waals surface area contributed by atoms with Crippen LogP contribution >= 0.6 is 0 Å². The van der Waals surface area contributed by atoms with Crippen molar-refractivity contribution in [1.29, 1.82) is 0 Å². The fourth-order valence-electron chi connectivity index (χ4n) is 4.72. The smallest absolute Gasteiger partial charge is 0.370 e. The number of piperidine rings is 1. The molecular formula is C23H24F6N2. The third kappa shape index (κ3) is 5.00. The van der Waals surface area contributed by atoms with Gasteiger partial charge in [-0.05, 0) is 62.0 Å². The third-order valence-electron chi connectivity index (χ3n) is 6.42. The normalized spacial score (nSPS) is 21.6. The van der Waals surface area contributed by atoms with Crippen molar-refractivity contribution in [2.75, 3.05) is 31.1 Å². The number of anilines is 1. The first-order valence-corrected chi connectivity index (χ1v) is 10.4. The standard InChI is InChI=1S/C23H24F6N2/c24-22(25,26)18-12-19(23(27,28)29)14-21(13-18)31-11-8-20(15-31)30-9-6-17(7-10-30)16-4-2-1-3-5-16/h1-5,12-14,17,20H,6-11,15H2. The first-order chi connectivity index (χ1) is 14.6. The summed E-state index contributed by atoms with van der Waals surface area (Å²) in [7, 11) is 0. The first kappa shape index (κ1) is 22.0. The summed E-state index contributed by atoms with van der Waals surface area (Å²) in [6.45, 7) is 2.65. The summed E-state index contributed by atoms with van der Waals surface area (Å²) < 4.78 is 79.0. The Morgan fingerprint density at radius 3 is 1.84 bits per heavy atom. The Kier molecular flexibility index (Phi) is 5.94. The zero-order valence-electron chi connectivity index (χ0n) is 16.9. The summed E-state index contributed by atoms with van der Waals surface area (Å²) in [4.78, 5) is 3.98. The highest BCUT2D eigenvalue weighted by Gasteiger charge is 2.38. The van der Waals surface area contributed by atoms with Crippen LogP contribution in [0.4, 0.5) is 32.0 Å². The number of hydrogen-bond acceptors (Lipinski definition) is 2. The average molecular weight is 442 g/mol. The maximum absolute atomic E-state index is 13.2. The van der Waals surface area contributed by atoms with E-state index in [-0.39, 0.29) is 17.8 Å². The molecule has 4 rings (SSSR count). The molecule has 1 unspecified atom stereocenters. The van der Waals surface area contributed by atoms with Crippen molar-refractivity contribution in [3.05, 3.63) is 65.2 Å². The van der Waals surface area contributed by atoms with E-state index in [0.29, 0.717) is 19.0 Å². The van der Waals surface area contributed by atoms with E-state index >= 15 is 0 Å². The van der Waals surface area contributed by atoms with Gasteiger partial charge in [-0.25, -0.2) is 0 Å². The van der Waals surface area contributed by atoms with Gasteiger partial charge in [-0.3, -0.25) is 4.90 Å². The van der Waals surface area contributed by atoms with Gasteiger partial charge < -0.3 is 4.90 Å². The predicted octanol–water partition coefficient (Wildman–Crippen LogP) is 6.18. The molecule has 0 amide bonds. The second kappa shape index (κ2) is 8.37. The van der Waals surface area contributed by atoms with Crippen molar-refractivity contribution in [1.82, 2.24) is 4.90 Å². The molecule has 31 heavy (non-hydrogen) atoms. The number of likely N-dealkylation sites (tertiary alicyclic amines) is 1. The molecule has 2 aromatic rings. The van der Waals surface area contributed by atoms with Gasteiger partial charge in [-0.2, -0.15) is 26.3 Å². The molecule has 2 heterocycles. The van der Waals surface area contributed by atoms with Gasteiger partial charge >= 0.3 is 12.4 Å². The Balaban J connectivity index is 1.44. The Morgan fingerprint density at radius 1 is 0.710 bits per heavy atom. The predicted molar refractivity (Wildman–Crippen MR) is 107 cm³/mol. The average Bonchev–Trinajstić information content (AvgIpc) is 3.23. The zero-order valence-corrected chi connectivity index (χ0v) is 16.9. The van der Waals surface area contributed by atoms with Gasteiger partial charge in [0.05, 0.1) is 11.1 Å². The molecule has 0 saturated carbocycles. The number of benzene rings is 2. The van der Waals surface area contributed by atoms with Gasteiger partial charge in [0.1, 0.15) is 0 Å². The Morgan fingerprint density at radius 2 is 1.29 bits per heavy atom. The SMILES string of the molecule is FC(F)(F)c1cc(N2CCC(N3CCC(c4ccccc4)CC3)C2)cc(C(F)(F)F)c1. The third-order valence-corrected chi connectivity index (χ3v) is 6.42. The van der Waals surface area contributed by atoms with Crippen molar-refractivity contribution >= 4 is 5.69 Å². The van der Waals surface area contributed by atoms with Crippen LogP contribution in [0.15, 0.2) is 48.5 Å². The highest BCUT2D eigenvalue weighted by atomic mass is 19.4. The van der Waals surface area contributed by atoms with Gasteiger partial charge in [-0.15, -0.1) is 0 Å².